The molecule has 0 unspecified atom stereocenters. The van der Waals surface area contributed by atoms with Crippen LogP contribution in [-0.2, 0) is 15.7 Å². The van der Waals surface area contributed by atoms with E-state index in [2.05, 4.69) is 15.3 Å². The SMILES string of the molecule is COC(=O)c1ccccc1NC(=O)[C@@H]1CCCN(c2nc3ccccc3nc2C(F)(F)F)C1. The molecule has 7 nitrogen and oxygen atoms in total. The molecule has 1 fully saturated rings. The van der Waals surface area contributed by atoms with Crippen molar-refractivity contribution >= 4 is 34.4 Å². The molecule has 1 aliphatic heterocycles. The number of methoxy groups -OCH3 is 1. The molecule has 0 bridgehead atoms. The summed E-state index contributed by atoms with van der Waals surface area (Å²) in [6, 6.07) is 12.8. The molecule has 1 amide bonds. The molecule has 1 atom stereocenters. The first-order valence-corrected chi connectivity index (χ1v) is 10.3. The minimum absolute atomic E-state index is 0.0440. The van der Waals surface area contributed by atoms with Gasteiger partial charge in [0, 0.05) is 13.1 Å². The molecule has 3 aromatic rings. The molecule has 0 spiro atoms. The van der Waals surface area contributed by atoms with Gasteiger partial charge in [-0.25, -0.2) is 14.8 Å². The molecule has 0 aliphatic carbocycles. The van der Waals surface area contributed by atoms with Gasteiger partial charge in [-0.1, -0.05) is 24.3 Å². The lowest BCUT2D eigenvalue weighted by atomic mass is 9.96. The van der Waals surface area contributed by atoms with Crippen LogP contribution in [-0.4, -0.2) is 42.0 Å². The molecule has 33 heavy (non-hydrogen) atoms. The van der Waals surface area contributed by atoms with Crippen molar-refractivity contribution < 1.29 is 27.5 Å². The van der Waals surface area contributed by atoms with Gasteiger partial charge in [0.1, 0.15) is 0 Å². The minimum atomic E-state index is -4.69. The van der Waals surface area contributed by atoms with Gasteiger partial charge in [0.25, 0.3) is 0 Å². The number of alkyl halides is 3. The van der Waals surface area contributed by atoms with Crippen molar-refractivity contribution in [2.24, 2.45) is 5.92 Å². The number of benzene rings is 2. The van der Waals surface area contributed by atoms with Crippen molar-refractivity contribution in [2.75, 3.05) is 30.4 Å². The number of piperidine rings is 1. The Bertz CT molecular complexity index is 1200. The number of hydrogen-bond acceptors (Lipinski definition) is 6. The van der Waals surface area contributed by atoms with Crippen molar-refractivity contribution in [3.63, 3.8) is 0 Å². The topological polar surface area (TPSA) is 84.4 Å². The predicted molar refractivity (Wildman–Crippen MR) is 116 cm³/mol. The monoisotopic (exact) mass is 458 g/mol. The third-order valence-corrected chi connectivity index (χ3v) is 5.50. The van der Waals surface area contributed by atoms with Gasteiger partial charge in [-0.15, -0.1) is 0 Å². The highest BCUT2D eigenvalue weighted by Gasteiger charge is 2.40. The van der Waals surface area contributed by atoms with E-state index in [4.69, 9.17) is 4.74 Å². The number of carbonyl (C=O) groups excluding carboxylic acids is 2. The van der Waals surface area contributed by atoms with Crippen LogP contribution in [0.3, 0.4) is 0 Å². The van der Waals surface area contributed by atoms with Crippen LogP contribution in [0.4, 0.5) is 24.7 Å². The molecule has 2 aromatic carbocycles. The minimum Gasteiger partial charge on any atom is -0.465 e. The Morgan fingerprint density at radius 3 is 2.42 bits per heavy atom. The van der Waals surface area contributed by atoms with Crippen LogP contribution >= 0.6 is 0 Å². The number of para-hydroxylation sites is 3. The molecule has 1 aromatic heterocycles. The fourth-order valence-corrected chi connectivity index (χ4v) is 3.90. The van der Waals surface area contributed by atoms with Crippen LogP contribution < -0.4 is 10.2 Å². The first kappa shape index (κ1) is 22.5. The number of ether oxygens (including phenoxy) is 1. The van der Waals surface area contributed by atoms with Crippen molar-refractivity contribution in [2.45, 2.75) is 19.0 Å². The Kier molecular flexibility index (Phi) is 6.17. The molecule has 2 heterocycles. The molecular formula is C23H21F3N4O3. The van der Waals surface area contributed by atoms with Crippen LogP contribution in [0.2, 0.25) is 0 Å². The number of esters is 1. The van der Waals surface area contributed by atoms with Crippen LogP contribution in [0, 0.1) is 5.92 Å². The fraction of sp³-hybridized carbons (Fsp3) is 0.304. The van der Waals surface area contributed by atoms with Gasteiger partial charge in [-0.3, -0.25) is 4.79 Å². The van der Waals surface area contributed by atoms with E-state index in [1.807, 2.05) is 0 Å². The Morgan fingerprint density at radius 2 is 1.73 bits per heavy atom. The van der Waals surface area contributed by atoms with Gasteiger partial charge in [0.05, 0.1) is 35.3 Å². The highest BCUT2D eigenvalue weighted by atomic mass is 19.4. The number of anilines is 2. The normalized spacial score (nSPS) is 16.5. The van der Waals surface area contributed by atoms with Crippen molar-refractivity contribution in [3.05, 3.63) is 59.8 Å². The van der Waals surface area contributed by atoms with Gasteiger partial charge in [-0.2, -0.15) is 13.2 Å². The van der Waals surface area contributed by atoms with Crippen LogP contribution in [0.25, 0.3) is 11.0 Å². The van der Waals surface area contributed by atoms with Gasteiger partial charge < -0.3 is 15.0 Å². The van der Waals surface area contributed by atoms with Gasteiger partial charge in [0.15, 0.2) is 11.5 Å². The summed E-state index contributed by atoms with van der Waals surface area (Å²) < 4.78 is 46.1. The Hall–Kier alpha value is -3.69. The number of hydrogen-bond donors (Lipinski definition) is 1. The first-order valence-electron chi connectivity index (χ1n) is 10.3. The summed E-state index contributed by atoms with van der Waals surface area (Å²) in [5.74, 6) is -1.87. The summed E-state index contributed by atoms with van der Waals surface area (Å²) in [6.45, 7) is 0.362. The average molecular weight is 458 g/mol. The van der Waals surface area contributed by atoms with Crippen LogP contribution in [0.15, 0.2) is 48.5 Å². The number of nitrogens with one attached hydrogen (secondary N) is 1. The third kappa shape index (κ3) is 4.74. The summed E-state index contributed by atoms with van der Waals surface area (Å²) in [7, 11) is 1.24. The summed E-state index contributed by atoms with van der Waals surface area (Å²) in [5, 5.41) is 2.72. The number of aromatic nitrogens is 2. The lowest BCUT2D eigenvalue weighted by Crippen LogP contribution is -2.42. The first-order chi connectivity index (χ1) is 15.8. The zero-order chi connectivity index (χ0) is 23.6. The maximum Gasteiger partial charge on any atom is 0.437 e. The number of carbonyl (C=O) groups is 2. The van der Waals surface area contributed by atoms with Crippen molar-refractivity contribution in [3.8, 4) is 0 Å². The summed E-state index contributed by atoms with van der Waals surface area (Å²) in [6.07, 6.45) is -3.70. The molecule has 1 saturated heterocycles. The maximum atomic E-state index is 13.8. The lowest BCUT2D eigenvalue weighted by molar-refractivity contribution is -0.140. The summed E-state index contributed by atoms with van der Waals surface area (Å²) in [4.78, 5) is 34.4. The van der Waals surface area contributed by atoms with E-state index in [1.54, 1.807) is 36.4 Å². The third-order valence-electron chi connectivity index (χ3n) is 5.50. The molecule has 1 N–H and O–H groups in total. The van der Waals surface area contributed by atoms with Crippen molar-refractivity contribution in [1.29, 1.82) is 0 Å². The van der Waals surface area contributed by atoms with Gasteiger partial charge in [-0.05, 0) is 37.1 Å². The smallest absolute Gasteiger partial charge is 0.437 e. The molecule has 0 saturated carbocycles. The predicted octanol–water partition coefficient (Wildman–Crippen LogP) is 4.29. The number of rotatable bonds is 4. The highest BCUT2D eigenvalue weighted by molar-refractivity contribution is 6.02. The van der Waals surface area contributed by atoms with Crippen LogP contribution in [0.5, 0.6) is 0 Å². The Labute approximate surface area is 187 Å². The van der Waals surface area contributed by atoms with E-state index < -0.39 is 29.7 Å². The van der Waals surface area contributed by atoms with E-state index in [9.17, 15) is 22.8 Å². The standard InChI is InChI=1S/C23H21F3N4O3/c1-33-22(32)15-8-2-3-9-16(15)29-21(31)14-7-6-12-30(13-14)20-19(23(24,25)26)27-17-10-4-5-11-18(17)28-20/h2-5,8-11,14H,6-7,12-13H2,1H3,(H,29,31)/t14-/m1/s1. The molecule has 172 valence electrons. The maximum absolute atomic E-state index is 13.8. The quantitative estimate of drug-likeness (QED) is 0.588. The average Bonchev–Trinajstić information content (AvgIpc) is 2.82. The number of amides is 1. The van der Waals surface area contributed by atoms with E-state index in [-0.39, 0.29) is 29.1 Å². The number of fused-ring (bicyclic) bond motifs is 1. The number of nitrogens with zero attached hydrogens (tertiary/aromatic N) is 3. The number of halogens is 3. The van der Waals surface area contributed by atoms with Gasteiger partial charge >= 0.3 is 12.1 Å². The van der Waals surface area contributed by atoms with E-state index >= 15 is 0 Å². The van der Waals surface area contributed by atoms with E-state index in [0.717, 1.165) is 0 Å². The zero-order valence-electron chi connectivity index (χ0n) is 17.7. The second-order valence-electron chi connectivity index (χ2n) is 7.69. The lowest BCUT2D eigenvalue weighted by Gasteiger charge is -2.34. The molecular weight excluding hydrogens is 437 g/mol. The molecule has 1 aliphatic rings. The molecule has 4 rings (SSSR count). The summed E-state index contributed by atoms with van der Waals surface area (Å²) >= 11 is 0. The second kappa shape index (κ2) is 9.05. The Morgan fingerprint density at radius 1 is 1.06 bits per heavy atom. The molecule has 10 heteroatoms. The van der Waals surface area contributed by atoms with E-state index in [0.29, 0.717) is 24.9 Å². The zero-order valence-corrected chi connectivity index (χ0v) is 17.7. The van der Waals surface area contributed by atoms with Crippen LogP contribution in [0.1, 0.15) is 28.9 Å². The fourth-order valence-electron chi connectivity index (χ4n) is 3.90. The van der Waals surface area contributed by atoms with E-state index in [1.165, 1.54) is 24.1 Å². The van der Waals surface area contributed by atoms with Crippen molar-refractivity contribution in [1.82, 2.24) is 9.97 Å². The largest absolute Gasteiger partial charge is 0.465 e. The second-order valence-corrected chi connectivity index (χ2v) is 7.69. The Balaban J connectivity index is 1.60. The highest BCUT2D eigenvalue weighted by Crippen LogP contribution is 2.37. The molecule has 0 radical (unpaired) electrons. The summed E-state index contributed by atoms with van der Waals surface area (Å²) in [5.41, 5.74) is -0.0922. The van der Waals surface area contributed by atoms with Gasteiger partial charge in [0.2, 0.25) is 5.91 Å².